The number of carbonyl (C=O) groups is 2. The van der Waals surface area contributed by atoms with Gasteiger partial charge in [-0.1, -0.05) is 48.5 Å². The van der Waals surface area contributed by atoms with Gasteiger partial charge < -0.3 is 29.5 Å². The Morgan fingerprint density at radius 2 is 1.70 bits per heavy atom. The van der Waals surface area contributed by atoms with E-state index in [0.29, 0.717) is 24.2 Å². The molecule has 2 heterocycles. The van der Waals surface area contributed by atoms with Crippen molar-refractivity contribution in [1.82, 2.24) is 10.2 Å². The minimum Gasteiger partial charge on any atom is -0.446 e. The molecule has 2 amide bonds. The number of fused-ring (bicyclic) bond motifs is 4. The van der Waals surface area contributed by atoms with Gasteiger partial charge >= 0.3 is 12.2 Å². The fraction of sp³-hybridized carbons (Fsp3) is 0.949. The molecule has 0 bridgehead atoms. The fourth-order valence-electron chi connectivity index (χ4n) is 13.8. The van der Waals surface area contributed by atoms with Crippen LogP contribution in [0.15, 0.2) is 0 Å². The number of ether oxygens (including phenoxy) is 3. The molecule has 0 aromatic carbocycles. The van der Waals surface area contributed by atoms with Crippen molar-refractivity contribution in [2.24, 2.45) is 56.7 Å². The second-order valence-electron chi connectivity index (χ2n) is 19.3. The molecule has 4 unspecified atom stereocenters. The standard InChI is InChI=1S/C39H64N2O8S/c1-23(2)30(49-34(44)41-18-10-19-41)25-21-24(3)29-31(47-25)32(42)37(7)27-12-11-26-35(4,5)28(48-33(43)40-17-9-20-50(8,45)46)13-14-38(26)22-39(27,38)16-15-36(29,37)6/h23-32,42H,9-22H2,1-8H3,(H,40,43)/t24-,25?,26+,27?,28?,29+,30-,31?,32+,36-,37-,38-,39+/m1/s1. The number of alkyl carbamates (subject to hydrolysis) is 1. The van der Waals surface area contributed by atoms with Gasteiger partial charge in [0.1, 0.15) is 22.0 Å². The van der Waals surface area contributed by atoms with Crippen molar-refractivity contribution in [3.63, 3.8) is 0 Å². The predicted molar refractivity (Wildman–Crippen MR) is 190 cm³/mol. The number of hydrogen-bond acceptors (Lipinski definition) is 8. The first-order valence-electron chi connectivity index (χ1n) is 19.7. The highest BCUT2D eigenvalue weighted by Crippen LogP contribution is 2.89. The van der Waals surface area contributed by atoms with Gasteiger partial charge in [-0.3, -0.25) is 0 Å². The summed E-state index contributed by atoms with van der Waals surface area (Å²) in [5.74, 6) is 1.58. The molecular formula is C39H64N2O8S. The molecule has 7 rings (SSSR count). The lowest BCUT2D eigenvalue weighted by Gasteiger charge is -2.63. The summed E-state index contributed by atoms with van der Waals surface area (Å²) in [5.41, 5.74) is -0.148. The average molecular weight is 721 g/mol. The first-order chi connectivity index (χ1) is 23.3. The van der Waals surface area contributed by atoms with E-state index in [2.05, 4.69) is 53.8 Å². The number of hydrogen-bond donors (Lipinski definition) is 2. The van der Waals surface area contributed by atoms with Crippen LogP contribution in [-0.2, 0) is 24.0 Å². The van der Waals surface area contributed by atoms with Gasteiger partial charge in [-0.15, -0.1) is 0 Å². The molecule has 0 radical (unpaired) electrons. The SMILES string of the molecule is CC(C)[C@@H](OC(=O)N1CCC1)C1C[C@@H](C)[C@H]2C(O1)[C@H](O)[C@@]1(C)C3CC[C@H]4C(C)(C)C(OC(=O)NCCCS(C)(=O)=O)CC[C@@]45C[C@@]35CC[C@]21C. The van der Waals surface area contributed by atoms with Crippen LogP contribution in [0.25, 0.3) is 0 Å². The Bertz CT molecular complexity index is 1470. The van der Waals surface area contributed by atoms with E-state index in [-0.39, 0.29) is 81.7 Å². The van der Waals surface area contributed by atoms with Gasteiger partial charge in [0.25, 0.3) is 0 Å². The monoisotopic (exact) mass is 720 g/mol. The summed E-state index contributed by atoms with van der Waals surface area (Å²) in [5, 5.41) is 15.4. The second kappa shape index (κ2) is 12.2. The largest absolute Gasteiger partial charge is 0.446 e. The lowest BCUT2D eigenvalue weighted by Crippen LogP contribution is -2.60. The Kier molecular flexibility index (Phi) is 8.98. The molecule has 0 aromatic rings. The maximum absolute atomic E-state index is 12.9. The number of likely N-dealkylation sites (tertiary alicyclic amines) is 1. The first kappa shape index (κ1) is 36.8. The molecule has 0 aromatic heterocycles. The first-order valence-corrected chi connectivity index (χ1v) is 21.8. The summed E-state index contributed by atoms with van der Waals surface area (Å²) >= 11 is 0. The summed E-state index contributed by atoms with van der Waals surface area (Å²) < 4.78 is 42.2. The molecule has 7 aliphatic rings. The van der Waals surface area contributed by atoms with Gasteiger partial charge in [0, 0.05) is 36.7 Å². The van der Waals surface area contributed by atoms with Gasteiger partial charge in [0.15, 0.2) is 0 Å². The van der Waals surface area contributed by atoms with E-state index in [1.165, 1.54) is 19.1 Å². The Labute approximate surface area is 300 Å². The van der Waals surface area contributed by atoms with Crippen molar-refractivity contribution in [2.45, 2.75) is 143 Å². The van der Waals surface area contributed by atoms with Gasteiger partial charge in [0.05, 0.1) is 24.1 Å². The third-order valence-electron chi connectivity index (χ3n) is 16.4. The van der Waals surface area contributed by atoms with Gasteiger partial charge in [-0.2, -0.15) is 0 Å². The molecule has 5 aliphatic carbocycles. The molecule has 7 fully saturated rings. The minimum absolute atomic E-state index is 0.0442. The van der Waals surface area contributed by atoms with Crippen molar-refractivity contribution >= 4 is 22.0 Å². The second-order valence-corrected chi connectivity index (χ2v) is 21.6. The summed E-state index contributed by atoms with van der Waals surface area (Å²) in [6.45, 7) is 17.8. The van der Waals surface area contributed by atoms with Crippen LogP contribution < -0.4 is 5.32 Å². The highest BCUT2D eigenvalue weighted by molar-refractivity contribution is 7.90. The zero-order chi connectivity index (χ0) is 36.2. The van der Waals surface area contributed by atoms with E-state index in [4.69, 9.17) is 14.2 Å². The lowest BCUT2D eigenvalue weighted by molar-refractivity contribution is -0.185. The van der Waals surface area contributed by atoms with Crippen molar-refractivity contribution in [3.8, 4) is 0 Å². The minimum atomic E-state index is -3.07. The van der Waals surface area contributed by atoms with Crippen molar-refractivity contribution in [1.29, 1.82) is 0 Å². The van der Waals surface area contributed by atoms with E-state index < -0.39 is 22.0 Å². The number of carbonyl (C=O) groups excluding carboxylic acids is 2. The Morgan fingerprint density at radius 3 is 2.34 bits per heavy atom. The fourth-order valence-corrected chi connectivity index (χ4v) is 14.4. The van der Waals surface area contributed by atoms with Crippen LogP contribution in [0.3, 0.4) is 0 Å². The molecule has 50 heavy (non-hydrogen) atoms. The number of rotatable bonds is 8. The number of nitrogens with zero attached hydrogens (tertiary/aromatic N) is 1. The molecule has 2 spiro atoms. The smallest absolute Gasteiger partial charge is 0.410 e. The average Bonchev–Trinajstić information content (AvgIpc) is 3.62. The zero-order valence-electron chi connectivity index (χ0n) is 31.8. The third kappa shape index (κ3) is 5.30. The normalized spacial score (nSPS) is 46.2. The molecule has 2 aliphatic heterocycles. The Hall–Kier alpha value is -1.59. The van der Waals surface area contributed by atoms with E-state index in [1.54, 1.807) is 4.90 Å². The number of aliphatic hydroxyl groups excluding tert-OH is 1. The van der Waals surface area contributed by atoms with Gasteiger partial charge in [-0.05, 0) is 110 Å². The summed E-state index contributed by atoms with van der Waals surface area (Å²) in [6, 6.07) is 0. The molecule has 10 nitrogen and oxygen atoms in total. The van der Waals surface area contributed by atoms with Crippen molar-refractivity contribution in [3.05, 3.63) is 0 Å². The van der Waals surface area contributed by atoms with Crippen LogP contribution in [0.1, 0.15) is 113 Å². The quantitative estimate of drug-likeness (QED) is 0.284. The van der Waals surface area contributed by atoms with Crippen LogP contribution in [0.2, 0.25) is 0 Å². The molecule has 284 valence electrons. The van der Waals surface area contributed by atoms with Crippen LogP contribution in [0.5, 0.6) is 0 Å². The Morgan fingerprint density at radius 1 is 1.02 bits per heavy atom. The maximum atomic E-state index is 12.9. The molecule has 11 heteroatoms. The predicted octanol–water partition coefficient (Wildman–Crippen LogP) is 6.20. The maximum Gasteiger partial charge on any atom is 0.410 e. The number of sulfone groups is 1. The molecule has 13 atom stereocenters. The molecular weight excluding hydrogens is 657 g/mol. The van der Waals surface area contributed by atoms with Crippen LogP contribution in [0, 0.1) is 56.7 Å². The van der Waals surface area contributed by atoms with E-state index in [9.17, 15) is 23.1 Å². The lowest BCUT2D eigenvalue weighted by atomic mass is 9.41. The van der Waals surface area contributed by atoms with Crippen LogP contribution in [0.4, 0.5) is 9.59 Å². The van der Waals surface area contributed by atoms with E-state index in [1.807, 2.05) is 0 Å². The third-order valence-corrected chi connectivity index (χ3v) is 17.4. The highest BCUT2D eigenvalue weighted by Gasteiger charge is 2.84. The molecule has 2 saturated heterocycles. The van der Waals surface area contributed by atoms with E-state index in [0.717, 1.165) is 58.0 Å². The number of aliphatic hydroxyl groups is 1. The van der Waals surface area contributed by atoms with Crippen LogP contribution >= 0.6 is 0 Å². The number of nitrogens with one attached hydrogen (secondary N) is 1. The number of amides is 2. The summed E-state index contributed by atoms with van der Waals surface area (Å²) in [6.07, 6.45) is 8.55. The topological polar surface area (TPSA) is 131 Å². The molecule has 2 N–H and O–H groups in total. The summed E-state index contributed by atoms with van der Waals surface area (Å²) in [7, 11) is -3.07. The van der Waals surface area contributed by atoms with Crippen molar-refractivity contribution in [2.75, 3.05) is 31.6 Å². The zero-order valence-corrected chi connectivity index (χ0v) is 32.6. The highest BCUT2D eigenvalue weighted by atomic mass is 32.2. The van der Waals surface area contributed by atoms with Gasteiger partial charge in [0.2, 0.25) is 0 Å². The van der Waals surface area contributed by atoms with Crippen LogP contribution in [-0.4, -0.2) is 92.8 Å². The van der Waals surface area contributed by atoms with E-state index >= 15 is 0 Å². The van der Waals surface area contributed by atoms with Gasteiger partial charge in [-0.25, -0.2) is 18.0 Å². The molecule has 5 saturated carbocycles. The summed E-state index contributed by atoms with van der Waals surface area (Å²) in [4.78, 5) is 27.5. The van der Waals surface area contributed by atoms with Crippen molar-refractivity contribution < 1.29 is 37.3 Å². The Balaban J connectivity index is 1.07.